The number of carboxylic acid groups (broad SMARTS) is 1. The van der Waals surface area contributed by atoms with Crippen LogP contribution in [0.5, 0.6) is 0 Å². The molecule has 0 unspecified atom stereocenters. The molecule has 1 heterocycles. The summed E-state index contributed by atoms with van der Waals surface area (Å²) in [5.41, 5.74) is 1.98. The lowest BCUT2D eigenvalue weighted by Gasteiger charge is -2.34. The summed E-state index contributed by atoms with van der Waals surface area (Å²) in [4.78, 5) is 26.3. The molecule has 26 heavy (non-hydrogen) atoms. The van der Waals surface area contributed by atoms with E-state index in [1.165, 1.54) is 6.42 Å². The molecule has 1 N–H and O–H groups in total. The average Bonchev–Trinajstić information content (AvgIpc) is 3.18. The Kier molecular flexibility index (Phi) is 6.10. The summed E-state index contributed by atoms with van der Waals surface area (Å²) in [7, 11) is 0. The predicted molar refractivity (Wildman–Crippen MR) is 97.9 cm³/mol. The van der Waals surface area contributed by atoms with Crippen molar-refractivity contribution in [3.8, 4) is 0 Å². The van der Waals surface area contributed by atoms with Gasteiger partial charge in [0.15, 0.2) is 0 Å². The number of benzene rings is 1. The van der Waals surface area contributed by atoms with Gasteiger partial charge < -0.3 is 14.4 Å². The number of aromatic carboxylic acids is 1. The van der Waals surface area contributed by atoms with Gasteiger partial charge in [0.05, 0.1) is 18.1 Å². The van der Waals surface area contributed by atoms with Gasteiger partial charge >= 0.3 is 5.97 Å². The van der Waals surface area contributed by atoms with Crippen LogP contribution in [-0.2, 0) is 17.8 Å². The minimum atomic E-state index is -0.949. The minimum Gasteiger partial charge on any atom is -0.478 e. The Morgan fingerprint density at radius 2 is 1.88 bits per heavy atom. The first-order valence-corrected chi connectivity index (χ1v) is 9.27. The molecule has 0 atom stereocenters. The maximum absolute atomic E-state index is 13.0. The summed E-state index contributed by atoms with van der Waals surface area (Å²) >= 11 is 0. The van der Waals surface area contributed by atoms with Crippen molar-refractivity contribution in [1.29, 1.82) is 0 Å². The van der Waals surface area contributed by atoms with Crippen LogP contribution >= 0.6 is 0 Å². The van der Waals surface area contributed by atoms with E-state index in [0.717, 1.165) is 31.2 Å². The topological polar surface area (TPSA) is 70.8 Å². The highest BCUT2D eigenvalue weighted by molar-refractivity contribution is 5.89. The van der Waals surface area contributed by atoms with E-state index in [1.54, 1.807) is 30.7 Å². The van der Waals surface area contributed by atoms with Gasteiger partial charge in [-0.1, -0.05) is 37.5 Å². The molecular formula is C21H25NO4. The molecule has 5 heteroatoms. The normalized spacial score (nSPS) is 14.9. The van der Waals surface area contributed by atoms with E-state index in [0.29, 0.717) is 24.9 Å². The van der Waals surface area contributed by atoms with Crippen LogP contribution in [0.15, 0.2) is 47.3 Å². The Labute approximate surface area is 153 Å². The lowest BCUT2D eigenvalue weighted by Crippen LogP contribution is -2.41. The maximum atomic E-state index is 13.0. The molecule has 0 bridgehead atoms. The molecule has 0 radical (unpaired) electrons. The van der Waals surface area contributed by atoms with Gasteiger partial charge in [0, 0.05) is 24.6 Å². The standard InChI is InChI=1S/C21H25NO4/c23-20(11-10-17-6-4-5-9-19(17)21(24)25)22(14-16-12-13-26-15-16)18-7-2-1-3-8-18/h4-6,9,12-13,15,18H,1-3,7-8,10-11,14H2,(H,24,25). The van der Waals surface area contributed by atoms with Gasteiger partial charge in [0.2, 0.25) is 5.91 Å². The van der Waals surface area contributed by atoms with Crippen LogP contribution in [0.1, 0.15) is 60.0 Å². The monoisotopic (exact) mass is 355 g/mol. The van der Waals surface area contributed by atoms with Gasteiger partial charge in [-0.25, -0.2) is 4.79 Å². The zero-order chi connectivity index (χ0) is 18.4. The molecule has 2 aromatic rings. The number of hydrogen-bond acceptors (Lipinski definition) is 3. The molecule has 0 aliphatic heterocycles. The Hall–Kier alpha value is -2.56. The molecule has 3 rings (SSSR count). The van der Waals surface area contributed by atoms with E-state index in [2.05, 4.69) is 0 Å². The molecule has 1 aromatic carbocycles. The second-order valence-corrected chi connectivity index (χ2v) is 6.91. The van der Waals surface area contributed by atoms with Crippen molar-refractivity contribution >= 4 is 11.9 Å². The molecule has 1 aliphatic rings. The molecule has 1 amide bonds. The lowest BCUT2D eigenvalue weighted by atomic mass is 9.93. The van der Waals surface area contributed by atoms with Crippen molar-refractivity contribution in [2.75, 3.05) is 0 Å². The first kappa shape index (κ1) is 18.2. The van der Waals surface area contributed by atoms with E-state index in [1.807, 2.05) is 17.0 Å². The number of hydrogen-bond donors (Lipinski definition) is 1. The highest BCUT2D eigenvalue weighted by atomic mass is 16.4. The zero-order valence-electron chi connectivity index (χ0n) is 14.9. The fourth-order valence-electron chi connectivity index (χ4n) is 3.73. The third kappa shape index (κ3) is 4.54. The molecule has 1 aromatic heterocycles. The molecular weight excluding hydrogens is 330 g/mol. The van der Waals surface area contributed by atoms with Gasteiger partial charge in [0.1, 0.15) is 0 Å². The highest BCUT2D eigenvalue weighted by Crippen LogP contribution is 2.25. The van der Waals surface area contributed by atoms with Crippen molar-refractivity contribution in [3.05, 3.63) is 59.5 Å². The van der Waals surface area contributed by atoms with Crippen molar-refractivity contribution in [3.63, 3.8) is 0 Å². The van der Waals surface area contributed by atoms with E-state index in [-0.39, 0.29) is 17.5 Å². The molecule has 1 saturated carbocycles. The van der Waals surface area contributed by atoms with E-state index >= 15 is 0 Å². The van der Waals surface area contributed by atoms with E-state index in [9.17, 15) is 14.7 Å². The first-order valence-electron chi connectivity index (χ1n) is 9.27. The minimum absolute atomic E-state index is 0.0818. The number of carbonyl (C=O) groups is 2. The molecule has 1 fully saturated rings. The third-order valence-corrected chi connectivity index (χ3v) is 5.12. The van der Waals surface area contributed by atoms with Crippen molar-refractivity contribution in [2.24, 2.45) is 0 Å². The van der Waals surface area contributed by atoms with Crippen LogP contribution in [0.2, 0.25) is 0 Å². The number of rotatable bonds is 7. The number of aryl methyl sites for hydroxylation is 1. The van der Waals surface area contributed by atoms with Crippen LogP contribution in [-0.4, -0.2) is 27.9 Å². The summed E-state index contributed by atoms with van der Waals surface area (Å²) in [6.07, 6.45) is 9.68. The van der Waals surface area contributed by atoms with Crippen LogP contribution < -0.4 is 0 Å². The smallest absolute Gasteiger partial charge is 0.335 e. The van der Waals surface area contributed by atoms with Crippen molar-refractivity contribution in [1.82, 2.24) is 4.90 Å². The molecule has 0 saturated heterocycles. The Morgan fingerprint density at radius 1 is 1.12 bits per heavy atom. The quantitative estimate of drug-likeness (QED) is 0.805. The largest absolute Gasteiger partial charge is 0.478 e. The van der Waals surface area contributed by atoms with Crippen LogP contribution in [0.3, 0.4) is 0 Å². The Morgan fingerprint density at radius 3 is 2.58 bits per heavy atom. The second-order valence-electron chi connectivity index (χ2n) is 6.91. The van der Waals surface area contributed by atoms with Gasteiger partial charge in [-0.05, 0) is 37.0 Å². The van der Waals surface area contributed by atoms with E-state index < -0.39 is 5.97 Å². The van der Waals surface area contributed by atoms with Crippen LogP contribution in [0.25, 0.3) is 0 Å². The lowest BCUT2D eigenvalue weighted by molar-refractivity contribution is -0.135. The summed E-state index contributed by atoms with van der Waals surface area (Å²) in [5, 5.41) is 9.31. The van der Waals surface area contributed by atoms with Gasteiger partial charge in [0.25, 0.3) is 0 Å². The highest BCUT2D eigenvalue weighted by Gasteiger charge is 2.26. The van der Waals surface area contributed by atoms with Crippen LogP contribution in [0.4, 0.5) is 0 Å². The molecule has 138 valence electrons. The summed E-state index contributed by atoms with van der Waals surface area (Å²) in [6, 6.07) is 9.06. The number of carbonyl (C=O) groups excluding carboxylic acids is 1. The van der Waals surface area contributed by atoms with Gasteiger partial charge in [-0.15, -0.1) is 0 Å². The van der Waals surface area contributed by atoms with Crippen molar-refractivity contribution < 1.29 is 19.1 Å². The number of furan rings is 1. The van der Waals surface area contributed by atoms with Gasteiger partial charge in [-0.2, -0.15) is 0 Å². The third-order valence-electron chi connectivity index (χ3n) is 5.12. The number of nitrogens with zero attached hydrogens (tertiary/aromatic N) is 1. The van der Waals surface area contributed by atoms with Gasteiger partial charge in [-0.3, -0.25) is 4.79 Å². The number of carboxylic acids is 1. The molecule has 5 nitrogen and oxygen atoms in total. The molecule has 1 aliphatic carbocycles. The fourth-order valence-corrected chi connectivity index (χ4v) is 3.73. The fraction of sp³-hybridized carbons (Fsp3) is 0.429. The summed E-state index contributed by atoms with van der Waals surface area (Å²) in [6.45, 7) is 0.556. The second kappa shape index (κ2) is 8.70. The summed E-state index contributed by atoms with van der Waals surface area (Å²) < 4.78 is 5.15. The SMILES string of the molecule is O=C(O)c1ccccc1CCC(=O)N(Cc1ccoc1)C1CCCCC1. The Bertz CT molecular complexity index is 732. The summed E-state index contributed by atoms with van der Waals surface area (Å²) in [5.74, 6) is -0.867. The average molecular weight is 355 g/mol. The van der Waals surface area contributed by atoms with E-state index in [4.69, 9.17) is 4.42 Å². The maximum Gasteiger partial charge on any atom is 0.335 e. The predicted octanol–water partition coefficient (Wildman–Crippen LogP) is 4.27. The number of amides is 1. The zero-order valence-corrected chi connectivity index (χ0v) is 14.9. The Balaban J connectivity index is 1.70. The first-order chi connectivity index (χ1) is 12.6. The van der Waals surface area contributed by atoms with Crippen LogP contribution in [0, 0.1) is 0 Å². The molecule has 0 spiro atoms. The van der Waals surface area contributed by atoms with Crippen molar-refractivity contribution in [2.45, 2.75) is 57.5 Å².